The second-order valence-electron chi connectivity index (χ2n) is 5.15. The van der Waals surface area contributed by atoms with Crippen LogP contribution in [0.1, 0.15) is 5.76 Å². The zero-order chi connectivity index (χ0) is 16.4. The molecule has 24 heavy (non-hydrogen) atoms. The monoisotopic (exact) mass is 326 g/mol. The molecule has 1 aromatic carbocycles. The van der Waals surface area contributed by atoms with E-state index in [0.29, 0.717) is 28.7 Å². The summed E-state index contributed by atoms with van der Waals surface area (Å²) in [5.41, 5.74) is 1.47. The summed E-state index contributed by atoms with van der Waals surface area (Å²) in [6.07, 6.45) is 3.18. The number of carbonyl (C=O) groups excluding carboxylic acids is 1. The minimum Gasteiger partial charge on any atom is -0.472 e. The van der Waals surface area contributed by atoms with E-state index in [0.717, 1.165) is 5.56 Å². The first-order chi connectivity index (χ1) is 11.8. The first kappa shape index (κ1) is 14.3. The van der Waals surface area contributed by atoms with Gasteiger partial charge in [-0.05, 0) is 30.3 Å². The average Bonchev–Trinajstić information content (AvgIpc) is 3.32. The van der Waals surface area contributed by atoms with Crippen LogP contribution in [0, 0.1) is 0 Å². The quantitative estimate of drug-likeness (QED) is 0.765. The van der Waals surface area contributed by atoms with Crippen molar-refractivity contribution in [3.8, 4) is 22.8 Å². The zero-order valence-electron chi connectivity index (χ0n) is 12.6. The standard InChI is InChI=1S/C17H14N2O5/c20-17(19-12-1-3-15-16(7-12)23-10-22-15)18-8-13-2-4-14(24-13)11-5-6-21-9-11/h1-7,9H,8,10H2,(H2,18,19,20). The van der Waals surface area contributed by atoms with Crippen LogP contribution in [-0.2, 0) is 6.54 Å². The molecule has 0 radical (unpaired) electrons. The smallest absolute Gasteiger partial charge is 0.319 e. The van der Waals surface area contributed by atoms with E-state index in [1.807, 2.05) is 18.2 Å². The summed E-state index contributed by atoms with van der Waals surface area (Å²) in [6, 6.07) is 10.3. The van der Waals surface area contributed by atoms with Gasteiger partial charge < -0.3 is 28.9 Å². The molecule has 3 heterocycles. The van der Waals surface area contributed by atoms with Gasteiger partial charge in [-0.1, -0.05) is 0 Å². The van der Waals surface area contributed by atoms with Crippen LogP contribution in [0.15, 0.2) is 57.8 Å². The van der Waals surface area contributed by atoms with Gasteiger partial charge in [0, 0.05) is 11.8 Å². The highest BCUT2D eigenvalue weighted by Crippen LogP contribution is 2.34. The highest BCUT2D eigenvalue weighted by atomic mass is 16.7. The first-order valence-electron chi connectivity index (χ1n) is 7.34. The Morgan fingerprint density at radius 2 is 2.00 bits per heavy atom. The van der Waals surface area contributed by atoms with Crippen molar-refractivity contribution in [1.82, 2.24) is 5.32 Å². The van der Waals surface area contributed by atoms with Gasteiger partial charge >= 0.3 is 6.03 Å². The molecule has 1 aliphatic heterocycles. The fraction of sp³-hybridized carbons (Fsp3) is 0.118. The lowest BCUT2D eigenvalue weighted by Gasteiger charge is -2.07. The number of fused-ring (bicyclic) bond motifs is 1. The molecule has 0 fully saturated rings. The van der Waals surface area contributed by atoms with E-state index in [-0.39, 0.29) is 19.4 Å². The van der Waals surface area contributed by atoms with E-state index in [1.165, 1.54) is 0 Å². The molecule has 0 aliphatic carbocycles. The number of benzene rings is 1. The number of nitrogens with one attached hydrogen (secondary N) is 2. The van der Waals surface area contributed by atoms with Crippen LogP contribution in [0.4, 0.5) is 10.5 Å². The summed E-state index contributed by atoms with van der Waals surface area (Å²) in [4.78, 5) is 12.0. The number of furan rings is 2. The van der Waals surface area contributed by atoms with Crippen molar-refractivity contribution < 1.29 is 23.1 Å². The van der Waals surface area contributed by atoms with E-state index in [9.17, 15) is 4.79 Å². The Hall–Kier alpha value is -3.35. The summed E-state index contributed by atoms with van der Waals surface area (Å²) in [6.45, 7) is 0.469. The van der Waals surface area contributed by atoms with Gasteiger partial charge in [-0.3, -0.25) is 0 Å². The van der Waals surface area contributed by atoms with Gasteiger partial charge in [0.2, 0.25) is 6.79 Å². The van der Waals surface area contributed by atoms with Crippen LogP contribution >= 0.6 is 0 Å². The minimum atomic E-state index is -0.338. The maximum atomic E-state index is 12.0. The average molecular weight is 326 g/mol. The summed E-state index contributed by atoms with van der Waals surface area (Å²) in [7, 11) is 0. The molecule has 2 amide bonds. The first-order valence-corrected chi connectivity index (χ1v) is 7.34. The molecular formula is C17H14N2O5. The SMILES string of the molecule is O=C(NCc1ccc(-c2ccoc2)o1)Nc1ccc2c(c1)OCO2. The Kier molecular flexibility index (Phi) is 3.59. The van der Waals surface area contributed by atoms with Crippen molar-refractivity contribution in [3.05, 3.63) is 54.7 Å². The molecule has 0 saturated carbocycles. The maximum Gasteiger partial charge on any atom is 0.319 e. The predicted molar refractivity (Wildman–Crippen MR) is 84.8 cm³/mol. The molecular weight excluding hydrogens is 312 g/mol. The van der Waals surface area contributed by atoms with Crippen molar-refractivity contribution in [1.29, 1.82) is 0 Å². The number of urea groups is 1. The molecule has 0 bridgehead atoms. The normalized spacial score (nSPS) is 12.2. The molecule has 4 rings (SSSR count). The van der Waals surface area contributed by atoms with Gasteiger partial charge in [-0.15, -0.1) is 0 Å². The molecule has 7 nitrogen and oxygen atoms in total. The molecule has 122 valence electrons. The van der Waals surface area contributed by atoms with Crippen molar-refractivity contribution in [2.75, 3.05) is 12.1 Å². The van der Waals surface area contributed by atoms with Gasteiger partial charge in [0.25, 0.3) is 0 Å². The number of anilines is 1. The number of rotatable bonds is 4. The highest BCUT2D eigenvalue weighted by Gasteiger charge is 2.14. The van der Waals surface area contributed by atoms with E-state index in [4.69, 9.17) is 18.3 Å². The summed E-state index contributed by atoms with van der Waals surface area (Å²) < 4.78 is 21.2. The van der Waals surface area contributed by atoms with E-state index < -0.39 is 0 Å². The molecule has 7 heteroatoms. The van der Waals surface area contributed by atoms with Crippen LogP contribution in [0.3, 0.4) is 0 Å². The number of carbonyl (C=O) groups is 1. The number of hydrogen-bond donors (Lipinski definition) is 2. The molecule has 2 N–H and O–H groups in total. The minimum absolute atomic E-state index is 0.197. The third-order valence-electron chi connectivity index (χ3n) is 3.52. The number of ether oxygens (including phenoxy) is 2. The van der Waals surface area contributed by atoms with Crippen molar-refractivity contribution >= 4 is 11.7 Å². The van der Waals surface area contributed by atoms with Crippen LogP contribution in [0.5, 0.6) is 11.5 Å². The third-order valence-corrected chi connectivity index (χ3v) is 3.52. The Balaban J connectivity index is 1.33. The van der Waals surface area contributed by atoms with Crippen molar-refractivity contribution in [3.63, 3.8) is 0 Å². The molecule has 2 aromatic heterocycles. The Morgan fingerprint density at radius 1 is 1.08 bits per heavy atom. The predicted octanol–water partition coefficient (Wildman–Crippen LogP) is 3.59. The van der Waals surface area contributed by atoms with Crippen LogP contribution in [0.2, 0.25) is 0 Å². The maximum absolute atomic E-state index is 12.0. The lowest BCUT2D eigenvalue weighted by atomic mass is 10.3. The fourth-order valence-corrected chi connectivity index (χ4v) is 2.35. The summed E-state index contributed by atoms with van der Waals surface area (Å²) >= 11 is 0. The van der Waals surface area contributed by atoms with Gasteiger partial charge in [0.15, 0.2) is 11.5 Å². The Labute approximate surface area is 137 Å². The van der Waals surface area contributed by atoms with Gasteiger partial charge in [-0.2, -0.15) is 0 Å². The van der Waals surface area contributed by atoms with Gasteiger partial charge in [0.1, 0.15) is 17.8 Å². The lowest BCUT2D eigenvalue weighted by molar-refractivity contribution is 0.174. The molecule has 0 saturated heterocycles. The molecule has 0 unspecified atom stereocenters. The molecule has 0 spiro atoms. The Bertz CT molecular complexity index is 854. The van der Waals surface area contributed by atoms with Crippen LogP contribution in [0.25, 0.3) is 11.3 Å². The molecule has 1 aliphatic rings. The highest BCUT2D eigenvalue weighted by molar-refractivity contribution is 5.89. The van der Waals surface area contributed by atoms with Gasteiger partial charge in [-0.25, -0.2) is 4.79 Å². The summed E-state index contributed by atoms with van der Waals surface area (Å²) in [5, 5.41) is 5.47. The van der Waals surface area contributed by atoms with E-state index in [2.05, 4.69) is 10.6 Å². The second-order valence-corrected chi connectivity index (χ2v) is 5.15. The van der Waals surface area contributed by atoms with E-state index >= 15 is 0 Å². The van der Waals surface area contributed by atoms with Crippen LogP contribution in [-0.4, -0.2) is 12.8 Å². The largest absolute Gasteiger partial charge is 0.472 e. The van der Waals surface area contributed by atoms with Crippen molar-refractivity contribution in [2.45, 2.75) is 6.54 Å². The van der Waals surface area contributed by atoms with Gasteiger partial charge in [0.05, 0.1) is 18.4 Å². The second kappa shape index (κ2) is 6.04. The molecule has 3 aromatic rings. The van der Waals surface area contributed by atoms with Crippen molar-refractivity contribution in [2.24, 2.45) is 0 Å². The topological polar surface area (TPSA) is 85.9 Å². The summed E-state index contributed by atoms with van der Waals surface area (Å²) in [5.74, 6) is 2.62. The molecule has 0 atom stereocenters. The van der Waals surface area contributed by atoms with Crippen LogP contribution < -0.4 is 20.1 Å². The fourth-order valence-electron chi connectivity index (χ4n) is 2.35. The third kappa shape index (κ3) is 2.91. The zero-order valence-corrected chi connectivity index (χ0v) is 12.6. The van der Waals surface area contributed by atoms with E-state index in [1.54, 1.807) is 30.7 Å². The Morgan fingerprint density at radius 3 is 2.88 bits per heavy atom. The number of amides is 2. The lowest BCUT2D eigenvalue weighted by Crippen LogP contribution is -2.27. The number of hydrogen-bond acceptors (Lipinski definition) is 5.